The van der Waals surface area contributed by atoms with Gasteiger partial charge >= 0.3 is 0 Å². The van der Waals surface area contributed by atoms with Crippen molar-refractivity contribution in [3.05, 3.63) is 15.6 Å². The number of piperazine rings is 1. The lowest BCUT2D eigenvalue weighted by atomic mass is 9.79. The van der Waals surface area contributed by atoms with E-state index in [9.17, 15) is 5.11 Å². The number of hydrogen-bond donors (Lipinski definition) is 1. The summed E-state index contributed by atoms with van der Waals surface area (Å²) in [6.07, 6.45) is 3.61. The van der Waals surface area contributed by atoms with E-state index in [4.69, 9.17) is 4.98 Å². The van der Waals surface area contributed by atoms with Gasteiger partial charge in [-0.25, -0.2) is 4.98 Å². The van der Waals surface area contributed by atoms with E-state index in [-0.39, 0.29) is 0 Å². The minimum absolute atomic E-state index is 0.444. The Kier molecular flexibility index (Phi) is 4.85. The van der Waals surface area contributed by atoms with E-state index in [0.29, 0.717) is 5.41 Å². The third-order valence-electron chi connectivity index (χ3n) is 4.93. The summed E-state index contributed by atoms with van der Waals surface area (Å²) in [6, 6.07) is 0. The molecule has 1 fully saturated rings. The Morgan fingerprint density at radius 1 is 1.17 bits per heavy atom. The number of nitrogens with zero attached hydrogens (tertiary/aromatic N) is 3. The summed E-state index contributed by atoms with van der Waals surface area (Å²) in [6.45, 7) is 14.5. The maximum Gasteiger partial charge on any atom is 0.107 e. The smallest absolute Gasteiger partial charge is 0.107 e. The summed E-state index contributed by atoms with van der Waals surface area (Å²) in [7, 11) is 0. The first kappa shape index (κ1) is 17.3. The standard InChI is InChI=1S/C18H31N3OS/c1-17(2)6-5-14-15(11-17)23-16(19-14)12-20-7-9-21(10-8-20)13-18(3,4)22/h22H,5-13H2,1-4H3. The molecule has 3 rings (SSSR count). The lowest BCUT2D eigenvalue weighted by Gasteiger charge is -2.36. The van der Waals surface area contributed by atoms with E-state index in [1.807, 2.05) is 25.2 Å². The second-order valence-corrected chi connectivity index (χ2v) is 9.85. The van der Waals surface area contributed by atoms with Gasteiger partial charge in [0.1, 0.15) is 5.01 Å². The van der Waals surface area contributed by atoms with Gasteiger partial charge in [0, 0.05) is 37.6 Å². The van der Waals surface area contributed by atoms with Crippen LogP contribution in [0.5, 0.6) is 0 Å². The largest absolute Gasteiger partial charge is 0.389 e. The Morgan fingerprint density at radius 2 is 1.83 bits per heavy atom. The van der Waals surface area contributed by atoms with Crippen LogP contribution in [0.3, 0.4) is 0 Å². The van der Waals surface area contributed by atoms with Gasteiger partial charge in [-0.1, -0.05) is 13.8 Å². The van der Waals surface area contributed by atoms with Gasteiger partial charge in [-0.2, -0.15) is 0 Å². The fourth-order valence-corrected chi connectivity index (χ4v) is 5.08. The lowest BCUT2D eigenvalue weighted by molar-refractivity contribution is 0.0166. The first-order chi connectivity index (χ1) is 10.7. The molecule has 23 heavy (non-hydrogen) atoms. The minimum atomic E-state index is -0.594. The van der Waals surface area contributed by atoms with Crippen LogP contribution in [0, 0.1) is 5.41 Å². The third kappa shape index (κ3) is 4.75. The molecule has 4 nitrogen and oxygen atoms in total. The summed E-state index contributed by atoms with van der Waals surface area (Å²) in [5.74, 6) is 0. The normalized spacial score (nSPS) is 23.0. The highest BCUT2D eigenvalue weighted by Gasteiger charge is 2.29. The molecule has 0 spiro atoms. The SMILES string of the molecule is CC(C)(O)CN1CCN(Cc2nc3c(s2)CC(C)(C)CC3)CC1. The molecule has 5 heteroatoms. The van der Waals surface area contributed by atoms with Gasteiger partial charge in [0.05, 0.1) is 17.8 Å². The molecule has 0 radical (unpaired) electrons. The van der Waals surface area contributed by atoms with Gasteiger partial charge < -0.3 is 5.11 Å². The van der Waals surface area contributed by atoms with Crippen molar-refractivity contribution in [2.75, 3.05) is 32.7 Å². The van der Waals surface area contributed by atoms with Crippen molar-refractivity contribution in [1.82, 2.24) is 14.8 Å². The number of fused-ring (bicyclic) bond motifs is 1. The van der Waals surface area contributed by atoms with E-state index in [2.05, 4.69) is 23.6 Å². The molecule has 2 heterocycles. The second kappa shape index (κ2) is 6.43. The van der Waals surface area contributed by atoms with E-state index in [0.717, 1.165) is 45.7 Å². The van der Waals surface area contributed by atoms with E-state index >= 15 is 0 Å². The van der Waals surface area contributed by atoms with Crippen LogP contribution < -0.4 is 0 Å². The van der Waals surface area contributed by atoms with Crippen LogP contribution in [0.1, 0.15) is 49.7 Å². The average molecular weight is 338 g/mol. The number of aromatic nitrogens is 1. The average Bonchev–Trinajstić information content (AvgIpc) is 2.79. The number of thiazole rings is 1. The van der Waals surface area contributed by atoms with Crippen LogP contribution in [0.4, 0.5) is 0 Å². The Hall–Kier alpha value is -0.490. The molecule has 130 valence electrons. The highest BCUT2D eigenvalue weighted by molar-refractivity contribution is 7.11. The highest BCUT2D eigenvalue weighted by Crippen LogP contribution is 2.37. The van der Waals surface area contributed by atoms with Crippen molar-refractivity contribution in [2.24, 2.45) is 5.41 Å². The topological polar surface area (TPSA) is 39.6 Å². The van der Waals surface area contributed by atoms with Gasteiger partial charge in [0.25, 0.3) is 0 Å². The maximum absolute atomic E-state index is 9.94. The van der Waals surface area contributed by atoms with Crippen molar-refractivity contribution in [3.63, 3.8) is 0 Å². The fourth-order valence-electron chi connectivity index (χ4n) is 3.66. The molecule has 1 aliphatic carbocycles. The summed E-state index contributed by atoms with van der Waals surface area (Å²) in [5.41, 5.74) is 1.22. The molecule has 0 atom stereocenters. The minimum Gasteiger partial charge on any atom is -0.389 e. The number of aryl methyl sites for hydroxylation is 1. The van der Waals surface area contributed by atoms with Gasteiger partial charge in [0.15, 0.2) is 0 Å². The summed E-state index contributed by atoms with van der Waals surface area (Å²) in [4.78, 5) is 11.3. The van der Waals surface area contributed by atoms with Crippen LogP contribution >= 0.6 is 11.3 Å². The fraction of sp³-hybridized carbons (Fsp3) is 0.833. The Bertz CT molecular complexity index is 539. The molecule has 1 saturated heterocycles. The Morgan fingerprint density at radius 3 is 2.48 bits per heavy atom. The van der Waals surface area contributed by atoms with Crippen molar-refractivity contribution in [3.8, 4) is 0 Å². The van der Waals surface area contributed by atoms with E-state index < -0.39 is 5.60 Å². The highest BCUT2D eigenvalue weighted by atomic mass is 32.1. The van der Waals surface area contributed by atoms with Crippen LogP contribution in [0.2, 0.25) is 0 Å². The molecule has 0 bridgehead atoms. The zero-order valence-electron chi connectivity index (χ0n) is 15.1. The first-order valence-electron chi connectivity index (χ1n) is 8.85. The molecular formula is C18H31N3OS. The van der Waals surface area contributed by atoms with Crippen molar-refractivity contribution in [1.29, 1.82) is 0 Å². The van der Waals surface area contributed by atoms with Crippen LogP contribution in [-0.4, -0.2) is 58.2 Å². The summed E-state index contributed by atoms with van der Waals surface area (Å²) in [5, 5.41) is 11.2. The van der Waals surface area contributed by atoms with Crippen LogP contribution in [0.25, 0.3) is 0 Å². The van der Waals surface area contributed by atoms with Gasteiger partial charge in [0.2, 0.25) is 0 Å². The predicted molar refractivity (Wildman–Crippen MR) is 95.9 cm³/mol. The molecule has 0 unspecified atom stereocenters. The molecule has 0 amide bonds. The van der Waals surface area contributed by atoms with E-state index in [1.165, 1.54) is 28.4 Å². The molecular weight excluding hydrogens is 306 g/mol. The second-order valence-electron chi connectivity index (χ2n) is 8.68. The maximum atomic E-state index is 9.94. The number of β-amino-alcohol motifs (C(OH)–C–C–N with tert-alkyl or cyclic N) is 1. The molecule has 0 aromatic carbocycles. The lowest BCUT2D eigenvalue weighted by Crippen LogP contribution is -2.50. The zero-order chi connectivity index (χ0) is 16.7. The molecule has 1 N–H and O–H groups in total. The third-order valence-corrected chi connectivity index (χ3v) is 6.02. The Balaban J connectivity index is 1.53. The molecule has 1 aliphatic heterocycles. The Labute approximate surface area is 144 Å². The van der Waals surface area contributed by atoms with Gasteiger partial charge in [-0.05, 0) is 38.5 Å². The quantitative estimate of drug-likeness (QED) is 0.916. The van der Waals surface area contributed by atoms with Crippen molar-refractivity contribution < 1.29 is 5.11 Å². The molecule has 2 aliphatic rings. The van der Waals surface area contributed by atoms with Crippen molar-refractivity contribution >= 4 is 11.3 Å². The van der Waals surface area contributed by atoms with E-state index in [1.54, 1.807) is 0 Å². The zero-order valence-corrected chi connectivity index (χ0v) is 15.9. The van der Waals surface area contributed by atoms with Gasteiger partial charge in [-0.3, -0.25) is 9.80 Å². The summed E-state index contributed by atoms with van der Waals surface area (Å²) >= 11 is 1.94. The van der Waals surface area contributed by atoms with Crippen molar-refractivity contribution in [2.45, 2.75) is 59.1 Å². The molecule has 1 aromatic rings. The number of rotatable bonds is 4. The first-order valence-corrected chi connectivity index (χ1v) is 9.66. The number of hydrogen-bond acceptors (Lipinski definition) is 5. The summed E-state index contributed by atoms with van der Waals surface area (Å²) < 4.78 is 0. The van der Waals surface area contributed by atoms with Crippen LogP contribution in [-0.2, 0) is 19.4 Å². The predicted octanol–water partition coefficient (Wildman–Crippen LogP) is 2.55. The van der Waals surface area contributed by atoms with Gasteiger partial charge in [-0.15, -0.1) is 11.3 Å². The monoisotopic (exact) mass is 337 g/mol. The molecule has 0 saturated carbocycles. The molecule has 1 aromatic heterocycles. The van der Waals surface area contributed by atoms with Crippen LogP contribution in [0.15, 0.2) is 0 Å². The number of aliphatic hydroxyl groups is 1.